The molecule has 1 atom stereocenters. The molecule has 19 heavy (non-hydrogen) atoms. The Bertz CT molecular complexity index is 401. The average Bonchev–Trinajstić information content (AvgIpc) is 2.43. The minimum Gasteiger partial charge on any atom is -0.469 e. The van der Waals surface area contributed by atoms with Gasteiger partial charge in [0, 0.05) is 7.05 Å². The predicted molar refractivity (Wildman–Crippen MR) is 67.1 cm³/mol. The molecule has 2 amide bonds. The topological polar surface area (TPSA) is 75.7 Å². The van der Waals surface area contributed by atoms with E-state index in [0.29, 0.717) is 0 Å². The van der Waals surface area contributed by atoms with Crippen LogP contribution in [0.15, 0.2) is 0 Å². The van der Waals surface area contributed by atoms with E-state index < -0.39 is 17.6 Å². The molecular weight excluding hydrogens is 248 g/mol. The van der Waals surface area contributed by atoms with Crippen LogP contribution in [0.1, 0.15) is 38.5 Å². The lowest BCUT2D eigenvalue weighted by Gasteiger charge is -2.45. The highest BCUT2D eigenvalue weighted by atomic mass is 16.5. The number of nitrogens with zero attached hydrogens (tertiary/aromatic N) is 1. The SMILES string of the molecule is COC(=O)C[C@@H]1NC2(CCCCC2)C(=O)N(C)C1=O. The molecule has 2 fully saturated rings. The summed E-state index contributed by atoms with van der Waals surface area (Å²) in [5, 5.41) is 3.12. The second-order valence-electron chi connectivity index (χ2n) is 5.32. The second-order valence-corrected chi connectivity index (χ2v) is 5.32. The maximum atomic E-state index is 12.3. The van der Waals surface area contributed by atoms with Crippen molar-refractivity contribution < 1.29 is 19.1 Å². The number of carbonyl (C=O) groups excluding carboxylic acids is 3. The Balaban J connectivity index is 2.19. The van der Waals surface area contributed by atoms with Crippen LogP contribution in [0, 0.1) is 0 Å². The Labute approximate surface area is 112 Å². The predicted octanol–water partition coefficient (Wildman–Crippen LogP) is 0.209. The molecule has 0 aromatic carbocycles. The van der Waals surface area contributed by atoms with E-state index in [0.717, 1.165) is 37.0 Å². The Kier molecular flexibility index (Phi) is 3.89. The summed E-state index contributed by atoms with van der Waals surface area (Å²) >= 11 is 0. The Morgan fingerprint density at radius 3 is 2.58 bits per heavy atom. The fourth-order valence-corrected chi connectivity index (χ4v) is 3.01. The minimum atomic E-state index is -0.667. The Morgan fingerprint density at radius 2 is 2.00 bits per heavy atom. The van der Waals surface area contributed by atoms with Crippen LogP contribution in [0.25, 0.3) is 0 Å². The van der Waals surface area contributed by atoms with E-state index in [1.807, 2.05) is 0 Å². The van der Waals surface area contributed by atoms with Gasteiger partial charge in [-0.25, -0.2) is 0 Å². The van der Waals surface area contributed by atoms with Crippen molar-refractivity contribution in [3.63, 3.8) is 0 Å². The number of piperazine rings is 1. The molecular formula is C13H20N2O4. The van der Waals surface area contributed by atoms with E-state index in [4.69, 9.17) is 0 Å². The maximum Gasteiger partial charge on any atom is 0.307 e. The lowest BCUT2D eigenvalue weighted by Crippen LogP contribution is -2.70. The van der Waals surface area contributed by atoms with Gasteiger partial charge in [-0.15, -0.1) is 0 Å². The van der Waals surface area contributed by atoms with E-state index in [1.165, 1.54) is 14.2 Å². The summed E-state index contributed by atoms with van der Waals surface area (Å²) in [7, 11) is 2.78. The van der Waals surface area contributed by atoms with E-state index in [-0.39, 0.29) is 18.2 Å². The molecule has 1 spiro atoms. The molecule has 0 radical (unpaired) electrons. The van der Waals surface area contributed by atoms with Gasteiger partial charge in [-0.1, -0.05) is 19.3 Å². The van der Waals surface area contributed by atoms with Gasteiger partial charge in [0.05, 0.1) is 25.1 Å². The minimum absolute atomic E-state index is 0.0330. The normalized spacial score (nSPS) is 26.6. The summed E-state index contributed by atoms with van der Waals surface area (Å²) in [6.45, 7) is 0. The van der Waals surface area contributed by atoms with Crippen molar-refractivity contribution in [3.8, 4) is 0 Å². The quantitative estimate of drug-likeness (QED) is 0.572. The van der Waals surface area contributed by atoms with Crippen LogP contribution in [-0.4, -0.2) is 48.4 Å². The molecule has 2 rings (SSSR count). The van der Waals surface area contributed by atoms with Crippen molar-refractivity contribution in [2.45, 2.75) is 50.1 Å². The van der Waals surface area contributed by atoms with Crippen molar-refractivity contribution in [2.24, 2.45) is 0 Å². The first kappa shape index (κ1) is 14.0. The summed E-state index contributed by atoms with van der Waals surface area (Å²) < 4.78 is 4.60. The van der Waals surface area contributed by atoms with Gasteiger partial charge in [-0.2, -0.15) is 0 Å². The van der Waals surface area contributed by atoms with Crippen LogP contribution in [0.2, 0.25) is 0 Å². The van der Waals surface area contributed by atoms with Gasteiger partial charge in [0.1, 0.15) is 0 Å². The standard InChI is InChI=1S/C13H20N2O4/c1-15-11(17)9(8-10(16)19-2)14-13(12(15)18)6-4-3-5-7-13/h9,14H,3-8H2,1-2H3/t9-/m0/s1. The molecule has 0 aromatic heterocycles. The molecule has 2 aliphatic rings. The molecule has 1 saturated heterocycles. The number of hydrogen-bond donors (Lipinski definition) is 1. The molecule has 1 N–H and O–H groups in total. The van der Waals surface area contributed by atoms with Gasteiger partial charge < -0.3 is 4.74 Å². The third-order valence-corrected chi connectivity index (χ3v) is 4.10. The van der Waals surface area contributed by atoms with E-state index in [9.17, 15) is 14.4 Å². The molecule has 106 valence electrons. The van der Waals surface area contributed by atoms with Crippen LogP contribution in [0.3, 0.4) is 0 Å². The number of imide groups is 1. The number of carbonyl (C=O) groups is 3. The lowest BCUT2D eigenvalue weighted by atomic mass is 9.78. The maximum absolute atomic E-state index is 12.3. The smallest absolute Gasteiger partial charge is 0.307 e. The molecule has 1 aliphatic heterocycles. The molecule has 1 saturated carbocycles. The van der Waals surface area contributed by atoms with Crippen molar-refractivity contribution >= 4 is 17.8 Å². The number of hydrogen-bond acceptors (Lipinski definition) is 5. The van der Waals surface area contributed by atoms with E-state index in [2.05, 4.69) is 10.1 Å². The molecule has 1 heterocycles. The number of methoxy groups -OCH3 is 1. The monoisotopic (exact) mass is 268 g/mol. The zero-order valence-corrected chi connectivity index (χ0v) is 11.4. The lowest BCUT2D eigenvalue weighted by molar-refractivity contribution is -0.159. The zero-order valence-electron chi connectivity index (χ0n) is 11.4. The number of nitrogens with one attached hydrogen (secondary N) is 1. The molecule has 6 nitrogen and oxygen atoms in total. The third kappa shape index (κ3) is 2.49. The largest absolute Gasteiger partial charge is 0.469 e. The second kappa shape index (κ2) is 5.28. The fraction of sp³-hybridized carbons (Fsp3) is 0.769. The van der Waals surface area contributed by atoms with Gasteiger partial charge in [-0.05, 0) is 12.8 Å². The van der Waals surface area contributed by atoms with Crippen molar-refractivity contribution in [1.29, 1.82) is 0 Å². The molecule has 1 aliphatic carbocycles. The highest BCUT2D eigenvalue weighted by Crippen LogP contribution is 2.33. The van der Waals surface area contributed by atoms with Crippen LogP contribution in [0.4, 0.5) is 0 Å². The number of likely N-dealkylation sites (N-methyl/N-ethyl adjacent to an activating group) is 1. The number of esters is 1. The summed E-state index contributed by atoms with van der Waals surface area (Å²) in [4.78, 5) is 36.9. The summed E-state index contributed by atoms with van der Waals surface area (Å²) in [6.07, 6.45) is 4.45. The Morgan fingerprint density at radius 1 is 1.37 bits per heavy atom. The fourth-order valence-electron chi connectivity index (χ4n) is 3.01. The van der Waals surface area contributed by atoms with Gasteiger partial charge in [-0.3, -0.25) is 24.6 Å². The van der Waals surface area contributed by atoms with Gasteiger partial charge in [0.2, 0.25) is 11.8 Å². The van der Waals surface area contributed by atoms with Gasteiger partial charge >= 0.3 is 5.97 Å². The first-order chi connectivity index (χ1) is 9.00. The highest BCUT2D eigenvalue weighted by Gasteiger charge is 2.50. The van der Waals surface area contributed by atoms with E-state index in [1.54, 1.807) is 0 Å². The zero-order chi connectivity index (χ0) is 14.0. The first-order valence-corrected chi connectivity index (χ1v) is 6.67. The first-order valence-electron chi connectivity index (χ1n) is 6.67. The van der Waals surface area contributed by atoms with Crippen LogP contribution in [-0.2, 0) is 19.1 Å². The van der Waals surface area contributed by atoms with Crippen LogP contribution < -0.4 is 5.32 Å². The van der Waals surface area contributed by atoms with Crippen LogP contribution >= 0.6 is 0 Å². The number of ether oxygens (including phenoxy) is 1. The number of amides is 2. The summed E-state index contributed by atoms with van der Waals surface area (Å²) in [5.74, 6) is -0.968. The van der Waals surface area contributed by atoms with Crippen molar-refractivity contribution in [2.75, 3.05) is 14.2 Å². The molecule has 0 unspecified atom stereocenters. The van der Waals surface area contributed by atoms with Crippen molar-refractivity contribution in [1.82, 2.24) is 10.2 Å². The highest BCUT2D eigenvalue weighted by molar-refractivity contribution is 6.05. The van der Waals surface area contributed by atoms with E-state index >= 15 is 0 Å². The third-order valence-electron chi connectivity index (χ3n) is 4.10. The summed E-state index contributed by atoms with van der Waals surface area (Å²) in [6, 6.07) is -0.659. The van der Waals surface area contributed by atoms with Gasteiger partial charge in [0.25, 0.3) is 0 Å². The van der Waals surface area contributed by atoms with Crippen molar-refractivity contribution in [3.05, 3.63) is 0 Å². The van der Waals surface area contributed by atoms with Crippen LogP contribution in [0.5, 0.6) is 0 Å². The Hall–Kier alpha value is -1.43. The molecule has 0 bridgehead atoms. The molecule has 0 aromatic rings. The molecule has 6 heteroatoms. The number of rotatable bonds is 2. The summed E-state index contributed by atoms with van der Waals surface area (Å²) in [5.41, 5.74) is -0.667. The van der Waals surface area contributed by atoms with Gasteiger partial charge in [0.15, 0.2) is 0 Å². The average molecular weight is 268 g/mol.